The fourth-order valence-electron chi connectivity index (χ4n) is 10.7. The molecule has 2 spiro atoms. The van der Waals surface area contributed by atoms with Gasteiger partial charge in [0.1, 0.15) is 11.2 Å². The standard InChI is InChI=1S/C36H42Cl2FN3O4/c1-3-42-30(31(43)41-34-15-8-9-21(20-34)23(14-18-34)32(44)46-2)28(24-10-7-11-26(38)29(24)39)36(35(42)16-5-4-6-17-35)25-13-12-22(37)19-27(25)40-33(36)45/h7,10-13,19,21,23,28,30H,3-6,8-9,14-18,20H2,1-2H3,(H,40,45)(H,41,43)/t21?,23?,28-,30+,34?,36+/m0/s1. The van der Waals surface area contributed by atoms with Crippen LogP contribution in [0.1, 0.15) is 94.6 Å². The van der Waals surface area contributed by atoms with Crippen LogP contribution < -0.4 is 10.6 Å². The normalized spacial score (nSPS) is 33.1. The number of amides is 2. The van der Waals surface area contributed by atoms with Crippen LogP contribution in [0.4, 0.5) is 10.1 Å². The van der Waals surface area contributed by atoms with Crippen molar-refractivity contribution in [3.05, 3.63) is 63.4 Å². The summed E-state index contributed by atoms with van der Waals surface area (Å²) in [5, 5.41) is 7.11. The molecule has 5 aliphatic rings. The third kappa shape index (κ3) is 4.49. The van der Waals surface area contributed by atoms with Crippen molar-refractivity contribution >= 4 is 46.7 Å². The van der Waals surface area contributed by atoms with Gasteiger partial charge < -0.3 is 15.4 Å². The number of ether oxygens (including phenoxy) is 1. The average Bonchev–Trinajstić information content (AvgIpc) is 3.47. The van der Waals surface area contributed by atoms with E-state index >= 15 is 9.18 Å². The molecule has 2 aliphatic heterocycles. The summed E-state index contributed by atoms with van der Waals surface area (Å²) in [5.74, 6) is -2.07. The van der Waals surface area contributed by atoms with Gasteiger partial charge in [-0.05, 0) is 86.7 Å². The minimum Gasteiger partial charge on any atom is -0.469 e. The minimum atomic E-state index is -1.26. The Morgan fingerprint density at radius 2 is 1.85 bits per heavy atom. The molecule has 7 nitrogen and oxygen atoms in total. The van der Waals surface area contributed by atoms with E-state index in [1.54, 1.807) is 24.3 Å². The maximum atomic E-state index is 16.4. The molecule has 2 amide bonds. The van der Waals surface area contributed by atoms with Crippen molar-refractivity contribution in [1.82, 2.24) is 10.2 Å². The first-order valence-corrected chi connectivity index (χ1v) is 17.6. The number of anilines is 1. The van der Waals surface area contributed by atoms with Crippen LogP contribution in [0.15, 0.2) is 36.4 Å². The smallest absolute Gasteiger partial charge is 0.308 e. The molecule has 1 saturated heterocycles. The number of nitrogens with one attached hydrogen (secondary N) is 2. The summed E-state index contributed by atoms with van der Waals surface area (Å²) < 4.78 is 21.5. The Labute approximate surface area is 279 Å². The fourth-order valence-corrected chi connectivity index (χ4v) is 11.0. The van der Waals surface area contributed by atoms with Crippen LogP contribution in [0.2, 0.25) is 10.0 Å². The highest BCUT2D eigenvalue weighted by Gasteiger charge is 2.75. The monoisotopic (exact) mass is 669 g/mol. The van der Waals surface area contributed by atoms with E-state index in [0.717, 1.165) is 44.1 Å². The number of carbonyl (C=O) groups excluding carboxylic acids is 3. The molecular weight excluding hydrogens is 628 g/mol. The van der Waals surface area contributed by atoms with E-state index in [-0.39, 0.29) is 40.2 Å². The first-order valence-electron chi connectivity index (χ1n) is 16.8. The van der Waals surface area contributed by atoms with E-state index in [4.69, 9.17) is 27.9 Å². The van der Waals surface area contributed by atoms with Crippen LogP contribution in [-0.4, -0.2) is 53.5 Å². The second-order valence-electron chi connectivity index (χ2n) is 14.2. The summed E-state index contributed by atoms with van der Waals surface area (Å²) in [6, 6.07) is 9.52. The molecule has 246 valence electrons. The maximum absolute atomic E-state index is 16.4. The first-order chi connectivity index (χ1) is 22.1. The zero-order chi connectivity index (χ0) is 32.4. The number of benzene rings is 2. The predicted octanol–water partition coefficient (Wildman–Crippen LogP) is 7.14. The molecule has 3 saturated carbocycles. The Kier molecular flexibility index (Phi) is 8.17. The highest BCUT2D eigenvalue weighted by molar-refractivity contribution is 6.31. The van der Waals surface area contributed by atoms with Crippen LogP contribution in [-0.2, 0) is 24.5 Å². The Morgan fingerprint density at radius 3 is 2.59 bits per heavy atom. The molecule has 0 aromatic heterocycles. The number of likely N-dealkylation sites (N-methyl/N-ethyl adjacent to an activating group) is 1. The van der Waals surface area contributed by atoms with Crippen molar-refractivity contribution in [2.24, 2.45) is 11.8 Å². The molecule has 0 radical (unpaired) electrons. The Balaban J connectivity index is 1.40. The van der Waals surface area contributed by atoms with E-state index in [9.17, 15) is 9.59 Å². The van der Waals surface area contributed by atoms with Crippen molar-refractivity contribution < 1.29 is 23.5 Å². The Hall–Kier alpha value is -2.68. The molecule has 3 unspecified atom stereocenters. The minimum absolute atomic E-state index is 0.0379. The van der Waals surface area contributed by atoms with E-state index in [1.807, 2.05) is 13.0 Å². The zero-order valence-electron chi connectivity index (χ0n) is 26.5. The second kappa shape index (κ2) is 11.8. The van der Waals surface area contributed by atoms with E-state index in [1.165, 1.54) is 13.2 Å². The van der Waals surface area contributed by atoms with Gasteiger partial charge in [0.2, 0.25) is 11.8 Å². The molecule has 4 fully saturated rings. The molecule has 3 aliphatic carbocycles. The van der Waals surface area contributed by atoms with E-state index in [2.05, 4.69) is 15.5 Å². The van der Waals surface area contributed by atoms with Gasteiger partial charge in [-0.25, -0.2) is 4.39 Å². The van der Waals surface area contributed by atoms with Crippen molar-refractivity contribution in [3.8, 4) is 0 Å². The highest BCUT2D eigenvalue weighted by Crippen LogP contribution is 2.66. The number of hydrogen-bond donors (Lipinski definition) is 2. The van der Waals surface area contributed by atoms with Crippen molar-refractivity contribution in [3.63, 3.8) is 0 Å². The van der Waals surface area contributed by atoms with Crippen LogP contribution in [0.3, 0.4) is 0 Å². The zero-order valence-corrected chi connectivity index (χ0v) is 28.0. The quantitative estimate of drug-likeness (QED) is 0.331. The number of fused-ring (bicyclic) bond motifs is 5. The maximum Gasteiger partial charge on any atom is 0.308 e. The number of esters is 1. The molecule has 2 heterocycles. The summed E-state index contributed by atoms with van der Waals surface area (Å²) in [6.07, 6.45) is 8.88. The predicted molar refractivity (Wildman–Crippen MR) is 175 cm³/mol. The van der Waals surface area contributed by atoms with Gasteiger partial charge in [0.15, 0.2) is 0 Å². The van der Waals surface area contributed by atoms with Crippen LogP contribution in [0.5, 0.6) is 0 Å². The van der Waals surface area contributed by atoms with Crippen molar-refractivity contribution in [2.75, 3.05) is 19.0 Å². The molecule has 2 aromatic carbocycles. The molecule has 2 aromatic rings. The number of methoxy groups -OCH3 is 1. The fraction of sp³-hybridized carbons (Fsp3) is 0.583. The van der Waals surface area contributed by atoms with Crippen molar-refractivity contribution in [2.45, 2.75) is 106 Å². The summed E-state index contributed by atoms with van der Waals surface area (Å²) >= 11 is 12.9. The van der Waals surface area contributed by atoms with Gasteiger partial charge >= 0.3 is 5.97 Å². The lowest BCUT2D eigenvalue weighted by Gasteiger charge is -2.51. The lowest BCUT2D eigenvalue weighted by Crippen LogP contribution is -2.62. The molecule has 7 rings (SSSR count). The summed E-state index contributed by atoms with van der Waals surface area (Å²) in [6.45, 7) is 2.54. The number of nitrogens with zero attached hydrogens (tertiary/aromatic N) is 1. The summed E-state index contributed by atoms with van der Waals surface area (Å²) in [7, 11) is 1.44. The Bertz CT molecular complexity index is 1580. The number of likely N-dealkylation sites (tertiary alicyclic amines) is 1. The molecule has 2 N–H and O–H groups in total. The average molecular weight is 671 g/mol. The van der Waals surface area contributed by atoms with Crippen LogP contribution >= 0.6 is 23.2 Å². The van der Waals surface area contributed by atoms with Gasteiger partial charge in [-0.3, -0.25) is 19.3 Å². The van der Waals surface area contributed by atoms with Crippen molar-refractivity contribution in [1.29, 1.82) is 0 Å². The number of carbonyl (C=O) groups is 3. The Morgan fingerprint density at radius 1 is 1.07 bits per heavy atom. The molecule has 46 heavy (non-hydrogen) atoms. The van der Waals surface area contributed by atoms with Gasteiger partial charge in [-0.1, -0.05) is 74.0 Å². The second-order valence-corrected chi connectivity index (χ2v) is 15.0. The van der Waals surface area contributed by atoms with E-state index < -0.39 is 34.3 Å². The molecular formula is C36H42Cl2FN3O4. The summed E-state index contributed by atoms with van der Waals surface area (Å²) in [5.41, 5.74) is -0.815. The molecule has 2 bridgehead atoms. The van der Waals surface area contributed by atoms with Gasteiger partial charge in [0, 0.05) is 27.7 Å². The van der Waals surface area contributed by atoms with Gasteiger partial charge in [0.05, 0.1) is 24.1 Å². The third-order valence-electron chi connectivity index (χ3n) is 12.3. The van der Waals surface area contributed by atoms with Gasteiger partial charge in [0.25, 0.3) is 0 Å². The van der Waals surface area contributed by atoms with E-state index in [0.29, 0.717) is 49.4 Å². The SMILES string of the molecule is CCN1[C@@H](C(=O)NC23CCCC(C2)C(C(=O)OC)CC3)[C@H](c2cccc(Cl)c2F)[C@]2(C(=O)Nc3cc(Cl)ccc32)C12CCCCC2. The van der Waals surface area contributed by atoms with Crippen LogP contribution in [0, 0.1) is 17.7 Å². The summed E-state index contributed by atoms with van der Waals surface area (Å²) in [4.78, 5) is 44.8. The largest absolute Gasteiger partial charge is 0.469 e. The lowest BCUT2D eigenvalue weighted by molar-refractivity contribution is -0.151. The first kappa shape index (κ1) is 31.9. The highest BCUT2D eigenvalue weighted by atomic mass is 35.5. The lowest BCUT2D eigenvalue weighted by atomic mass is 9.55. The number of rotatable bonds is 5. The topological polar surface area (TPSA) is 87.7 Å². The molecule has 6 atom stereocenters. The number of hydrogen-bond acceptors (Lipinski definition) is 5. The van der Waals surface area contributed by atoms with Gasteiger partial charge in [-0.2, -0.15) is 0 Å². The van der Waals surface area contributed by atoms with Gasteiger partial charge in [-0.15, -0.1) is 0 Å². The molecule has 10 heteroatoms. The third-order valence-corrected chi connectivity index (χ3v) is 12.8. The number of halogens is 3. The van der Waals surface area contributed by atoms with Crippen LogP contribution in [0.25, 0.3) is 0 Å².